The summed E-state index contributed by atoms with van der Waals surface area (Å²) in [5.74, 6) is 1.59. The number of aromatic nitrogens is 3. The number of rotatable bonds is 2. The highest BCUT2D eigenvalue weighted by molar-refractivity contribution is 5.92. The molecular weight excluding hydrogens is 260 g/mol. The molecule has 0 saturated carbocycles. The van der Waals surface area contributed by atoms with Gasteiger partial charge in [-0.15, -0.1) is 0 Å². The molecule has 0 spiro atoms. The molecule has 2 aromatic heterocycles. The van der Waals surface area contributed by atoms with Gasteiger partial charge in [-0.25, -0.2) is 9.78 Å². The lowest BCUT2D eigenvalue weighted by molar-refractivity contribution is 0.0722. The summed E-state index contributed by atoms with van der Waals surface area (Å²) in [6, 6.07) is 0. The molecule has 7 nitrogen and oxygen atoms in total. The summed E-state index contributed by atoms with van der Waals surface area (Å²) >= 11 is 0. The highest BCUT2D eigenvalue weighted by Gasteiger charge is 2.27. The van der Waals surface area contributed by atoms with Crippen LogP contribution in [0.2, 0.25) is 0 Å². The molecule has 0 aliphatic carbocycles. The first kappa shape index (κ1) is 12.7. The van der Waals surface area contributed by atoms with Crippen LogP contribution in [-0.4, -0.2) is 32.3 Å². The molecule has 20 heavy (non-hydrogen) atoms. The molecule has 2 aromatic rings. The zero-order chi connectivity index (χ0) is 14.3. The van der Waals surface area contributed by atoms with Gasteiger partial charge in [-0.05, 0) is 0 Å². The van der Waals surface area contributed by atoms with Crippen molar-refractivity contribution in [1.82, 2.24) is 19.9 Å². The number of carbonyl (C=O) groups is 1. The molecule has 0 fully saturated rings. The Morgan fingerprint density at radius 3 is 2.95 bits per heavy atom. The second-order valence-electron chi connectivity index (χ2n) is 5.21. The summed E-state index contributed by atoms with van der Waals surface area (Å²) < 4.78 is 5.69. The molecule has 2 N–H and O–H groups in total. The van der Waals surface area contributed by atoms with Crippen molar-refractivity contribution in [1.29, 1.82) is 0 Å². The van der Waals surface area contributed by atoms with Gasteiger partial charge in [0, 0.05) is 25.1 Å². The van der Waals surface area contributed by atoms with Crippen LogP contribution in [0.3, 0.4) is 0 Å². The van der Waals surface area contributed by atoms with Gasteiger partial charge in [-0.3, -0.25) is 4.79 Å². The second kappa shape index (κ2) is 4.66. The molecule has 106 valence electrons. The van der Waals surface area contributed by atoms with E-state index in [9.17, 15) is 9.59 Å². The minimum atomic E-state index is -0.380. The van der Waals surface area contributed by atoms with E-state index in [2.05, 4.69) is 15.0 Å². The van der Waals surface area contributed by atoms with Crippen LogP contribution in [0.4, 0.5) is 0 Å². The van der Waals surface area contributed by atoms with Gasteiger partial charge in [0.05, 0.1) is 6.54 Å². The number of H-pyrrole nitrogens is 2. The molecular formula is C13H16N4O3. The molecule has 1 aliphatic rings. The van der Waals surface area contributed by atoms with E-state index >= 15 is 0 Å². The third-order valence-electron chi connectivity index (χ3n) is 3.35. The van der Waals surface area contributed by atoms with E-state index in [1.54, 1.807) is 4.90 Å². The molecule has 3 rings (SSSR count). The Kier molecular flexibility index (Phi) is 2.96. The number of hydrogen-bond acceptors (Lipinski definition) is 4. The fourth-order valence-electron chi connectivity index (χ4n) is 2.26. The molecule has 0 radical (unpaired) electrons. The van der Waals surface area contributed by atoms with Crippen molar-refractivity contribution in [2.45, 2.75) is 32.7 Å². The largest absolute Gasteiger partial charge is 0.445 e. The monoisotopic (exact) mass is 276 g/mol. The zero-order valence-electron chi connectivity index (χ0n) is 11.4. The number of fused-ring (bicyclic) bond motifs is 1. The fraction of sp³-hybridized carbons (Fsp3) is 0.462. The number of amides is 1. The summed E-state index contributed by atoms with van der Waals surface area (Å²) in [4.78, 5) is 34.3. The summed E-state index contributed by atoms with van der Waals surface area (Å²) in [6.45, 7) is 5.01. The van der Waals surface area contributed by atoms with Crippen LogP contribution in [-0.2, 0) is 13.0 Å². The van der Waals surface area contributed by atoms with Gasteiger partial charge in [0.2, 0.25) is 0 Å². The molecule has 7 heteroatoms. The Bertz CT molecular complexity index is 695. The van der Waals surface area contributed by atoms with E-state index in [1.165, 1.54) is 6.20 Å². The van der Waals surface area contributed by atoms with Gasteiger partial charge in [0.25, 0.3) is 5.91 Å². The topological polar surface area (TPSA) is 95.0 Å². The highest BCUT2D eigenvalue weighted by atomic mass is 16.4. The SMILES string of the molecule is CC(C)c1nc2c(o1)CCN(C(=O)c1c[nH]c(=O)[nH]1)C2. The Labute approximate surface area is 115 Å². The lowest BCUT2D eigenvalue weighted by Gasteiger charge is -2.24. The molecule has 1 aliphatic heterocycles. The average molecular weight is 276 g/mol. The Balaban J connectivity index is 1.81. The minimum Gasteiger partial charge on any atom is -0.445 e. The molecule has 3 heterocycles. The van der Waals surface area contributed by atoms with E-state index in [4.69, 9.17) is 4.42 Å². The van der Waals surface area contributed by atoms with E-state index in [0.717, 1.165) is 11.5 Å². The Hall–Kier alpha value is -2.31. The number of aromatic amines is 2. The van der Waals surface area contributed by atoms with Crippen LogP contribution in [0.1, 0.15) is 47.6 Å². The first-order valence-corrected chi connectivity index (χ1v) is 6.60. The van der Waals surface area contributed by atoms with Crippen LogP contribution < -0.4 is 5.69 Å². The van der Waals surface area contributed by atoms with Crippen LogP contribution in [0.15, 0.2) is 15.4 Å². The third kappa shape index (κ3) is 2.15. The predicted molar refractivity (Wildman–Crippen MR) is 70.4 cm³/mol. The number of carbonyl (C=O) groups excluding carboxylic acids is 1. The van der Waals surface area contributed by atoms with Crippen molar-refractivity contribution in [3.8, 4) is 0 Å². The van der Waals surface area contributed by atoms with E-state index in [1.807, 2.05) is 13.8 Å². The third-order valence-corrected chi connectivity index (χ3v) is 3.35. The summed E-state index contributed by atoms with van der Waals surface area (Å²) in [5.41, 5.74) is 0.701. The standard InChI is InChI=1S/C13H16N4O3/c1-7(2)11-15-9-6-17(4-3-10(9)20-11)12(18)8-5-14-13(19)16-8/h5,7H,3-4,6H2,1-2H3,(H2,14,16,19). The van der Waals surface area contributed by atoms with Gasteiger partial charge >= 0.3 is 5.69 Å². The van der Waals surface area contributed by atoms with Crippen LogP contribution in [0, 0.1) is 0 Å². The van der Waals surface area contributed by atoms with Crippen molar-refractivity contribution in [2.75, 3.05) is 6.54 Å². The maximum Gasteiger partial charge on any atom is 0.323 e. The maximum absolute atomic E-state index is 12.2. The second-order valence-corrected chi connectivity index (χ2v) is 5.21. The first-order valence-electron chi connectivity index (χ1n) is 6.60. The molecule has 1 amide bonds. The number of nitrogens with one attached hydrogen (secondary N) is 2. The highest BCUT2D eigenvalue weighted by Crippen LogP contribution is 2.24. The van der Waals surface area contributed by atoms with Crippen LogP contribution in [0.25, 0.3) is 0 Å². The van der Waals surface area contributed by atoms with Crippen molar-refractivity contribution in [3.05, 3.63) is 39.7 Å². The van der Waals surface area contributed by atoms with Gasteiger partial charge in [-0.1, -0.05) is 13.8 Å². The van der Waals surface area contributed by atoms with Crippen molar-refractivity contribution >= 4 is 5.91 Å². The van der Waals surface area contributed by atoms with Crippen LogP contribution in [0.5, 0.6) is 0 Å². The van der Waals surface area contributed by atoms with Gasteiger partial charge in [-0.2, -0.15) is 0 Å². The lowest BCUT2D eigenvalue weighted by atomic mass is 10.1. The Morgan fingerprint density at radius 1 is 1.50 bits per heavy atom. The minimum absolute atomic E-state index is 0.205. The van der Waals surface area contributed by atoms with E-state index < -0.39 is 0 Å². The number of hydrogen-bond donors (Lipinski definition) is 2. The summed E-state index contributed by atoms with van der Waals surface area (Å²) in [5, 5.41) is 0. The van der Waals surface area contributed by atoms with Crippen molar-refractivity contribution < 1.29 is 9.21 Å². The fourth-order valence-corrected chi connectivity index (χ4v) is 2.26. The van der Waals surface area contributed by atoms with Crippen LogP contribution >= 0.6 is 0 Å². The molecule has 0 aromatic carbocycles. The van der Waals surface area contributed by atoms with E-state index in [0.29, 0.717) is 25.4 Å². The summed E-state index contributed by atoms with van der Waals surface area (Å²) in [6.07, 6.45) is 2.04. The smallest absolute Gasteiger partial charge is 0.323 e. The lowest BCUT2D eigenvalue weighted by Crippen LogP contribution is -2.36. The maximum atomic E-state index is 12.2. The molecule has 0 atom stereocenters. The quantitative estimate of drug-likeness (QED) is 0.855. The summed E-state index contributed by atoms with van der Waals surface area (Å²) in [7, 11) is 0. The van der Waals surface area contributed by atoms with Gasteiger partial charge < -0.3 is 19.3 Å². The first-order chi connectivity index (χ1) is 9.54. The number of imidazole rings is 1. The predicted octanol–water partition coefficient (Wildman–Crippen LogP) is 1.01. The van der Waals surface area contributed by atoms with E-state index in [-0.39, 0.29) is 23.2 Å². The number of nitrogens with zero attached hydrogens (tertiary/aromatic N) is 2. The zero-order valence-corrected chi connectivity index (χ0v) is 11.4. The molecule has 0 bridgehead atoms. The number of oxazole rings is 1. The van der Waals surface area contributed by atoms with Gasteiger partial charge in [0.1, 0.15) is 17.1 Å². The normalized spacial score (nSPS) is 14.7. The molecule has 0 saturated heterocycles. The molecule has 0 unspecified atom stereocenters. The van der Waals surface area contributed by atoms with Crippen molar-refractivity contribution in [3.63, 3.8) is 0 Å². The Morgan fingerprint density at radius 2 is 2.30 bits per heavy atom. The van der Waals surface area contributed by atoms with Gasteiger partial charge in [0.15, 0.2) is 5.89 Å². The average Bonchev–Trinajstić information content (AvgIpc) is 3.02. The van der Waals surface area contributed by atoms with Crippen molar-refractivity contribution in [2.24, 2.45) is 0 Å².